The number of hydrogen-bond donors (Lipinski definition) is 1. The van der Waals surface area contributed by atoms with Crippen molar-refractivity contribution in [1.29, 1.82) is 0 Å². The molecule has 5 nitrogen and oxygen atoms in total. The molecule has 0 saturated carbocycles. The maximum absolute atomic E-state index is 13.0. The number of fused-ring (bicyclic) bond motifs is 3. The van der Waals surface area contributed by atoms with Gasteiger partial charge < -0.3 is 10.1 Å². The molecule has 1 unspecified atom stereocenters. The molecule has 1 aromatic carbocycles. The lowest BCUT2D eigenvalue weighted by Gasteiger charge is -2.44. The van der Waals surface area contributed by atoms with Gasteiger partial charge in [0.25, 0.3) is 0 Å². The predicted octanol–water partition coefficient (Wildman–Crippen LogP) is 1.08. The number of amides is 1. The Morgan fingerprint density at radius 3 is 2.52 bits per heavy atom. The molecule has 1 N–H and O–H groups in total. The Morgan fingerprint density at radius 2 is 1.96 bits per heavy atom. The molecule has 0 aromatic heterocycles. The number of nitrogens with one attached hydrogen (secondary N) is 1. The molecule has 4 fully saturated rings. The topological polar surface area (TPSA) is 58.6 Å². The van der Waals surface area contributed by atoms with E-state index in [9.17, 15) is 9.59 Å². The summed E-state index contributed by atoms with van der Waals surface area (Å²) in [6, 6.07) is 9.55. The molecule has 4 heterocycles. The minimum atomic E-state index is -0.871. The maximum atomic E-state index is 13.0. The molecule has 122 valence electrons. The van der Waals surface area contributed by atoms with Gasteiger partial charge in [0.05, 0.1) is 0 Å². The third-order valence-corrected chi connectivity index (χ3v) is 5.62. The minimum Gasteiger partial charge on any atom is -0.460 e. The molecule has 5 rings (SSSR count). The summed E-state index contributed by atoms with van der Waals surface area (Å²) in [5, 5.41) is 2.81. The van der Waals surface area contributed by atoms with E-state index in [0.29, 0.717) is 12.5 Å². The van der Waals surface area contributed by atoms with E-state index in [1.54, 1.807) is 0 Å². The highest BCUT2D eigenvalue weighted by Crippen LogP contribution is 2.36. The molecule has 4 aliphatic heterocycles. The molecule has 0 aliphatic carbocycles. The second-order valence-corrected chi connectivity index (χ2v) is 6.98. The Bertz CT molecular complexity index is 610. The van der Waals surface area contributed by atoms with Gasteiger partial charge in [-0.25, -0.2) is 0 Å². The molecular formula is C18H22N2O3. The number of ether oxygens (including phenoxy) is 1. The van der Waals surface area contributed by atoms with Crippen LogP contribution >= 0.6 is 0 Å². The van der Waals surface area contributed by atoms with Gasteiger partial charge in [-0.3, -0.25) is 14.5 Å². The number of nitrogens with zero attached hydrogens (tertiary/aromatic N) is 1. The van der Waals surface area contributed by atoms with Gasteiger partial charge in [-0.15, -0.1) is 0 Å². The van der Waals surface area contributed by atoms with Crippen LogP contribution in [0.4, 0.5) is 0 Å². The van der Waals surface area contributed by atoms with Crippen LogP contribution in [-0.4, -0.2) is 49.1 Å². The van der Waals surface area contributed by atoms with Gasteiger partial charge in [0.2, 0.25) is 5.91 Å². The van der Waals surface area contributed by atoms with Crippen molar-refractivity contribution in [2.45, 2.75) is 30.8 Å². The van der Waals surface area contributed by atoms with Gasteiger partial charge >= 0.3 is 5.97 Å². The van der Waals surface area contributed by atoms with E-state index < -0.39 is 5.41 Å². The second-order valence-electron chi connectivity index (χ2n) is 6.98. The minimum absolute atomic E-state index is 0.0266. The Morgan fingerprint density at radius 1 is 1.22 bits per heavy atom. The van der Waals surface area contributed by atoms with Crippen molar-refractivity contribution in [2.24, 2.45) is 5.92 Å². The fourth-order valence-electron chi connectivity index (χ4n) is 4.17. The first kappa shape index (κ1) is 14.7. The summed E-state index contributed by atoms with van der Waals surface area (Å²) in [7, 11) is 0. The van der Waals surface area contributed by atoms with E-state index in [-0.39, 0.29) is 24.4 Å². The zero-order valence-electron chi connectivity index (χ0n) is 13.2. The van der Waals surface area contributed by atoms with Gasteiger partial charge in [-0.05, 0) is 37.4 Å². The molecule has 1 aromatic rings. The molecule has 5 heteroatoms. The summed E-state index contributed by atoms with van der Waals surface area (Å²) in [5.41, 5.74) is -0.00527. The van der Waals surface area contributed by atoms with Crippen molar-refractivity contribution in [3.05, 3.63) is 35.9 Å². The van der Waals surface area contributed by atoms with E-state index in [2.05, 4.69) is 10.2 Å². The van der Waals surface area contributed by atoms with Crippen LogP contribution in [0.2, 0.25) is 0 Å². The zero-order valence-corrected chi connectivity index (χ0v) is 13.2. The molecule has 0 radical (unpaired) electrons. The lowest BCUT2D eigenvalue weighted by atomic mass is 9.79. The molecule has 23 heavy (non-hydrogen) atoms. The first-order valence-electron chi connectivity index (χ1n) is 8.43. The van der Waals surface area contributed by atoms with Gasteiger partial charge in [0, 0.05) is 19.5 Å². The van der Waals surface area contributed by atoms with Crippen LogP contribution in [0.1, 0.15) is 24.8 Å². The third-order valence-electron chi connectivity index (χ3n) is 5.62. The summed E-state index contributed by atoms with van der Waals surface area (Å²) in [6.07, 6.45) is 2.36. The monoisotopic (exact) mass is 314 g/mol. The third kappa shape index (κ3) is 2.53. The Balaban J connectivity index is 1.57. The SMILES string of the molecule is O=C1CC(C(=O)O[C@@H]2CN3CCC2CC3)(c2ccccc2)CN1. The van der Waals surface area contributed by atoms with Crippen molar-refractivity contribution in [1.82, 2.24) is 10.2 Å². The van der Waals surface area contributed by atoms with E-state index in [1.165, 1.54) is 0 Å². The maximum Gasteiger partial charge on any atom is 0.319 e. The average molecular weight is 314 g/mol. The van der Waals surface area contributed by atoms with Gasteiger partial charge in [-0.1, -0.05) is 30.3 Å². The van der Waals surface area contributed by atoms with Crippen LogP contribution in [0, 0.1) is 5.92 Å². The number of esters is 1. The Labute approximate surface area is 136 Å². The number of carbonyl (C=O) groups is 2. The molecule has 1 amide bonds. The van der Waals surface area contributed by atoms with Crippen LogP contribution in [-0.2, 0) is 19.7 Å². The molecule has 4 saturated heterocycles. The summed E-state index contributed by atoms with van der Waals surface area (Å²) in [5.74, 6) is 0.141. The largest absolute Gasteiger partial charge is 0.460 e. The average Bonchev–Trinajstić information content (AvgIpc) is 3.00. The van der Waals surface area contributed by atoms with Crippen LogP contribution in [0.3, 0.4) is 0 Å². The van der Waals surface area contributed by atoms with Gasteiger partial charge in [0.1, 0.15) is 11.5 Å². The fraction of sp³-hybridized carbons (Fsp3) is 0.556. The van der Waals surface area contributed by atoms with E-state index in [1.807, 2.05) is 30.3 Å². The summed E-state index contributed by atoms with van der Waals surface area (Å²) < 4.78 is 5.94. The lowest BCUT2D eigenvalue weighted by molar-refractivity contribution is -0.165. The van der Waals surface area contributed by atoms with Crippen LogP contribution < -0.4 is 5.32 Å². The van der Waals surface area contributed by atoms with E-state index in [4.69, 9.17) is 4.74 Å². The molecule has 0 spiro atoms. The summed E-state index contributed by atoms with van der Waals surface area (Å²) in [4.78, 5) is 27.2. The highest BCUT2D eigenvalue weighted by Gasteiger charge is 2.49. The quantitative estimate of drug-likeness (QED) is 0.848. The zero-order chi connectivity index (χ0) is 15.9. The second kappa shape index (κ2) is 5.64. The Hall–Kier alpha value is -1.88. The Kier molecular flexibility index (Phi) is 3.60. The molecular weight excluding hydrogens is 292 g/mol. The number of hydrogen-bond acceptors (Lipinski definition) is 4. The standard InChI is InChI=1S/C18H22N2O3/c21-16-10-18(12-19-16,14-4-2-1-3-5-14)17(22)23-15-11-20-8-6-13(15)7-9-20/h1-5,13,15H,6-12H2,(H,19,21)/t15-,18?/m1/s1. The summed E-state index contributed by atoms with van der Waals surface area (Å²) >= 11 is 0. The van der Waals surface area contributed by atoms with E-state index >= 15 is 0 Å². The van der Waals surface area contributed by atoms with Crippen LogP contribution in [0.5, 0.6) is 0 Å². The normalized spacial score (nSPS) is 35.8. The smallest absolute Gasteiger partial charge is 0.319 e. The fourth-order valence-corrected chi connectivity index (χ4v) is 4.17. The predicted molar refractivity (Wildman–Crippen MR) is 84.8 cm³/mol. The molecule has 4 aliphatic rings. The molecule has 2 atom stereocenters. The number of piperidine rings is 3. The van der Waals surface area contributed by atoms with Crippen molar-refractivity contribution < 1.29 is 14.3 Å². The van der Waals surface area contributed by atoms with Gasteiger partial charge in [-0.2, -0.15) is 0 Å². The van der Waals surface area contributed by atoms with Crippen molar-refractivity contribution in [3.63, 3.8) is 0 Å². The van der Waals surface area contributed by atoms with Crippen LogP contribution in [0.25, 0.3) is 0 Å². The lowest BCUT2D eigenvalue weighted by Crippen LogP contribution is -2.53. The molecule has 2 bridgehead atoms. The highest BCUT2D eigenvalue weighted by atomic mass is 16.5. The van der Waals surface area contributed by atoms with Gasteiger partial charge in [0.15, 0.2) is 0 Å². The first-order chi connectivity index (χ1) is 11.2. The number of carbonyl (C=O) groups excluding carboxylic acids is 2. The summed E-state index contributed by atoms with van der Waals surface area (Å²) in [6.45, 7) is 3.39. The number of benzene rings is 1. The van der Waals surface area contributed by atoms with Crippen LogP contribution in [0.15, 0.2) is 30.3 Å². The van der Waals surface area contributed by atoms with Crippen molar-refractivity contribution in [2.75, 3.05) is 26.2 Å². The highest BCUT2D eigenvalue weighted by molar-refractivity contribution is 5.94. The van der Waals surface area contributed by atoms with E-state index in [0.717, 1.165) is 38.0 Å². The van der Waals surface area contributed by atoms with Crippen molar-refractivity contribution in [3.8, 4) is 0 Å². The van der Waals surface area contributed by atoms with Crippen molar-refractivity contribution >= 4 is 11.9 Å². The first-order valence-corrected chi connectivity index (χ1v) is 8.43. The number of rotatable bonds is 3.